The smallest absolute Gasteiger partial charge is 0.188 e. The first-order valence-electron chi connectivity index (χ1n) is 6.25. The summed E-state index contributed by atoms with van der Waals surface area (Å²) < 4.78 is 0. The number of pyridine rings is 1. The van der Waals surface area contributed by atoms with Crippen molar-refractivity contribution in [2.75, 3.05) is 7.05 Å². The van der Waals surface area contributed by atoms with E-state index < -0.39 is 0 Å². The van der Waals surface area contributed by atoms with Gasteiger partial charge >= 0.3 is 0 Å². The van der Waals surface area contributed by atoms with Crippen LogP contribution in [-0.4, -0.2) is 34.0 Å². The summed E-state index contributed by atoms with van der Waals surface area (Å²) in [5.74, 6) is 0.0436. The number of rotatable bonds is 6. The van der Waals surface area contributed by atoms with Gasteiger partial charge in [0.05, 0.1) is 0 Å². The van der Waals surface area contributed by atoms with Crippen LogP contribution in [0.1, 0.15) is 37.9 Å². The monoisotopic (exact) mass is 250 g/mol. The highest BCUT2D eigenvalue weighted by molar-refractivity contribution is 5.95. The quantitative estimate of drug-likeness (QED) is 0.349. The Balaban J connectivity index is 2.79. The zero-order valence-electron chi connectivity index (χ0n) is 11.3. The minimum atomic E-state index is 0.0436. The highest BCUT2D eigenvalue weighted by atomic mass is 16.4. The molecule has 1 aromatic heterocycles. The van der Waals surface area contributed by atoms with E-state index in [0.717, 1.165) is 24.9 Å². The van der Waals surface area contributed by atoms with Gasteiger partial charge in [-0.2, -0.15) is 0 Å². The standard InChI is InChI=1S/C13H22N4O/c1-4-11(5-2)17(3)9-10-6-7-15-12(8-10)13(14)16-18/h6-8,11,18H,4-5,9H2,1-3H3,(H2,14,16). The van der Waals surface area contributed by atoms with Crippen molar-refractivity contribution in [2.45, 2.75) is 39.3 Å². The largest absolute Gasteiger partial charge is 0.409 e. The average molecular weight is 250 g/mol. The second-order valence-corrected chi connectivity index (χ2v) is 4.42. The van der Waals surface area contributed by atoms with Crippen LogP contribution in [0.25, 0.3) is 0 Å². The molecule has 1 aromatic rings. The summed E-state index contributed by atoms with van der Waals surface area (Å²) in [6, 6.07) is 4.38. The van der Waals surface area contributed by atoms with Crippen molar-refractivity contribution in [1.82, 2.24) is 9.88 Å². The third kappa shape index (κ3) is 3.70. The van der Waals surface area contributed by atoms with Gasteiger partial charge in [0, 0.05) is 18.8 Å². The molecule has 5 nitrogen and oxygen atoms in total. The molecular formula is C13H22N4O. The number of hydrogen-bond acceptors (Lipinski definition) is 4. The maximum atomic E-state index is 8.64. The number of aromatic nitrogens is 1. The molecule has 3 N–H and O–H groups in total. The number of hydrogen-bond donors (Lipinski definition) is 2. The molecule has 0 saturated carbocycles. The van der Waals surface area contributed by atoms with Gasteiger partial charge in [-0.15, -0.1) is 0 Å². The molecular weight excluding hydrogens is 228 g/mol. The molecule has 0 aliphatic rings. The zero-order chi connectivity index (χ0) is 13.5. The summed E-state index contributed by atoms with van der Waals surface area (Å²) in [5.41, 5.74) is 7.15. The Morgan fingerprint density at radius 3 is 2.72 bits per heavy atom. The van der Waals surface area contributed by atoms with Crippen LogP contribution in [0.15, 0.2) is 23.5 Å². The summed E-state index contributed by atoms with van der Waals surface area (Å²) >= 11 is 0. The Morgan fingerprint density at radius 2 is 2.17 bits per heavy atom. The molecule has 0 amide bonds. The Labute approximate surface area is 108 Å². The van der Waals surface area contributed by atoms with Gasteiger partial charge in [-0.1, -0.05) is 19.0 Å². The van der Waals surface area contributed by atoms with Gasteiger partial charge in [0.1, 0.15) is 5.69 Å². The lowest BCUT2D eigenvalue weighted by Crippen LogP contribution is -2.30. The first-order valence-corrected chi connectivity index (χ1v) is 6.25. The van der Waals surface area contributed by atoms with Gasteiger partial charge < -0.3 is 10.9 Å². The fraction of sp³-hybridized carbons (Fsp3) is 0.538. The second kappa shape index (κ2) is 6.96. The summed E-state index contributed by atoms with van der Waals surface area (Å²) in [4.78, 5) is 6.38. The number of oxime groups is 1. The highest BCUT2D eigenvalue weighted by Crippen LogP contribution is 2.11. The number of amidine groups is 1. The van der Waals surface area contributed by atoms with E-state index in [-0.39, 0.29) is 5.84 Å². The van der Waals surface area contributed by atoms with Gasteiger partial charge in [-0.3, -0.25) is 9.88 Å². The molecule has 0 aliphatic heterocycles. The molecule has 0 fully saturated rings. The highest BCUT2D eigenvalue weighted by Gasteiger charge is 2.11. The van der Waals surface area contributed by atoms with Crippen molar-refractivity contribution in [1.29, 1.82) is 0 Å². The van der Waals surface area contributed by atoms with Gasteiger partial charge in [0.2, 0.25) is 0 Å². The molecule has 0 aromatic carbocycles. The molecule has 0 atom stereocenters. The van der Waals surface area contributed by atoms with Crippen molar-refractivity contribution in [3.63, 3.8) is 0 Å². The molecule has 0 aliphatic carbocycles. The molecule has 0 unspecified atom stereocenters. The van der Waals surface area contributed by atoms with E-state index in [4.69, 9.17) is 10.9 Å². The third-order valence-corrected chi connectivity index (χ3v) is 3.19. The maximum absolute atomic E-state index is 8.64. The Bertz CT molecular complexity index is 402. The normalized spacial score (nSPS) is 12.4. The Morgan fingerprint density at radius 1 is 1.50 bits per heavy atom. The van der Waals surface area contributed by atoms with E-state index >= 15 is 0 Å². The number of nitrogens with zero attached hydrogens (tertiary/aromatic N) is 3. The molecule has 0 bridgehead atoms. The fourth-order valence-corrected chi connectivity index (χ4v) is 2.09. The van der Waals surface area contributed by atoms with Crippen molar-refractivity contribution < 1.29 is 5.21 Å². The van der Waals surface area contributed by atoms with Crippen LogP contribution in [0.4, 0.5) is 0 Å². The SMILES string of the molecule is CCC(CC)N(C)Cc1ccnc(C(N)=NO)c1. The molecule has 18 heavy (non-hydrogen) atoms. The van der Waals surface area contributed by atoms with E-state index in [1.54, 1.807) is 6.20 Å². The Kier molecular flexibility index (Phi) is 5.58. The van der Waals surface area contributed by atoms with E-state index in [2.05, 4.69) is 35.9 Å². The lowest BCUT2D eigenvalue weighted by Gasteiger charge is -2.26. The first-order chi connectivity index (χ1) is 8.62. The van der Waals surface area contributed by atoms with Crippen molar-refractivity contribution >= 4 is 5.84 Å². The van der Waals surface area contributed by atoms with Crippen molar-refractivity contribution in [2.24, 2.45) is 10.9 Å². The average Bonchev–Trinajstić information content (AvgIpc) is 2.39. The number of nitrogens with two attached hydrogens (primary N) is 1. The predicted molar refractivity (Wildman–Crippen MR) is 72.6 cm³/mol. The second-order valence-electron chi connectivity index (χ2n) is 4.42. The lowest BCUT2D eigenvalue weighted by molar-refractivity contribution is 0.221. The Hall–Kier alpha value is -1.62. The summed E-state index contributed by atoms with van der Waals surface area (Å²) in [5, 5.41) is 11.6. The molecule has 1 heterocycles. The first kappa shape index (κ1) is 14.4. The van der Waals surface area contributed by atoms with Crippen molar-refractivity contribution in [3.05, 3.63) is 29.6 Å². The molecule has 5 heteroatoms. The van der Waals surface area contributed by atoms with Crippen LogP contribution in [0.2, 0.25) is 0 Å². The zero-order valence-corrected chi connectivity index (χ0v) is 11.3. The summed E-state index contributed by atoms with van der Waals surface area (Å²) in [6.45, 7) is 5.22. The van der Waals surface area contributed by atoms with Crippen LogP contribution in [0.3, 0.4) is 0 Å². The van der Waals surface area contributed by atoms with Gasteiger partial charge in [0.15, 0.2) is 5.84 Å². The lowest BCUT2D eigenvalue weighted by atomic mass is 10.1. The predicted octanol–water partition coefficient (Wildman–Crippen LogP) is 1.80. The molecule has 100 valence electrons. The molecule has 0 spiro atoms. The van der Waals surface area contributed by atoms with Crippen LogP contribution < -0.4 is 5.73 Å². The molecule has 0 saturated heterocycles. The van der Waals surface area contributed by atoms with Crippen molar-refractivity contribution in [3.8, 4) is 0 Å². The van der Waals surface area contributed by atoms with E-state index in [0.29, 0.717) is 11.7 Å². The van der Waals surface area contributed by atoms with E-state index in [9.17, 15) is 0 Å². The van der Waals surface area contributed by atoms with Gasteiger partial charge in [-0.25, -0.2) is 0 Å². The molecule has 1 rings (SSSR count). The van der Waals surface area contributed by atoms with Gasteiger partial charge in [-0.05, 0) is 37.6 Å². The summed E-state index contributed by atoms with van der Waals surface area (Å²) in [7, 11) is 2.11. The fourth-order valence-electron chi connectivity index (χ4n) is 2.09. The van der Waals surface area contributed by atoms with Crippen LogP contribution in [0.5, 0.6) is 0 Å². The van der Waals surface area contributed by atoms with E-state index in [1.165, 1.54) is 0 Å². The summed E-state index contributed by atoms with van der Waals surface area (Å²) in [6.07, 6.45) is 3.94. The van der Waals surface area contributed by atoms with Crippen LogP contribution in [-0.2, 0) is 6.54 Å². The topological polar surface area (TPSA) is 74.7 Å². The van der Waals surface area contributed by atoms with Gasteiger partial charge in [0.25, 0.3) is 0 Å². The minimum Gasteiger partial charge on any atom is -0.409 e. The minimum absolute atomic E-state index is 0.0436. The van der Waals surface area contributed by atoms with Crippen LogP contribution >= 0.6 is 0 Å². The molecule has 0 radical (unpaired) electrons. The maximum Gasteiger partial charge on any atom is 0.188 e. The van der Waals surface area contributed by atoms with Crippen LogP contribution in [0, 0.1) is 0 Å². The van der Waals surface area contributed by atoms with E-state index in [1.807, 2.05) is 12.1 Å². The third-order valence-electron chi connectivity index (χ3n) is 3.19.